The Labute approximate surface area is 150 Å². The van der Waals surface area contributed by atoms with Crippen LogP contribution in [0.1, 0.15) is 97.3 Å². The van der Waals surface area contributed by atoms with Gasteiger partial charge in [0.05, 0.1) is 6.54 Å². The summed E-state index contributed by atoms with van der Waals surface area (Å²) in [6, 6.07) is 0. The van der Waals surface area contributed by atoms with Gasteiger partial charge in [0.15, 0.2) is 0 Å². The van der Waals surface area contributed by atoms with Gasteiger partial charge >= 0.3 is 0 Å². The van der Waals surface area contributed by atoms with E-state index < -0.39 is 0 Å². The fraction of sp³-hybridized carbons (Fsp3) is 0.857. The molecule has 0 aromatic heterocycles. The van der Waals surface area contributed by atoms with Gasteiger partial charge in [-0.1, -0.05) is 64.0 Å². The summed E-state index contributed by atoms with van der Waals surface area (Å²) in [4.78, 5) is 6.55. The lowest BCUT2D eigenvalue weighted by Gasteiger charge is -2.23. The van der Waals surface area contributed by atoms with Crippen LogP contribution in [0.25, 0.3) is 0 Å². The molecule has 0 aromatic rings. The maximum atomic E-state index is 9.68. The van der Waals surface area contributed by atoms with E-state index in [-0.39, 0.29) is 6.23 Å². The quantitative estimate of drug-likeness (QED) is 0.308. The topological polar surface area (TPSA) is 35.8 Å². The highest BCUT2D eigenvalue weighted by atomic mass is 16.3. The van der Waals surface area contributed by atoms with E-state index in [4.69, 9.17) is 0 Å². The number of aliphatic hydroxyl groups excluding tert-OH is 1. The molecule has 1 atom stereocenters. The highest BCUT2D eigenvalue weighted by molar-refractivity contribution is 5.83. The van der Waals surface area contributed by atoms with E-state index in [1.54, 1.807) is 0 Å². The van der Waals surface area contributed by atoms with Gasteiger partial charge < -0.3 is 10.0 Å². The fourth-order valence-corrected chi connectivity index (χ4v) is 3.31. The zero-order valence-electron chi connectivity index (χ0n) is 16.2. The van der Waals surface area contributed by atoms with Gasteiger partial charge in [0.1, 0.15) is 12.1 Å². The number of hydrogen-bond acceptors (Lipinski definition) is 3. The van der Waals surface area contributed by atoms with E-state index >= 15 is 0 Å². The molecule has 1 heterocycles. The Morgan fingerprint density at radius 2 is 1.54 bits per heavy atom. The highest BCUT2D eigenvalue weighted by Crippen LogP contribution is 2.14. The Morgan fingerprint density at radius 1 is 0.958 bits per heavy atom. The number of hydrogen-bond donors (Lipinski definition) is 1. The second-order valence-electron chi connectivity index (χ2n) is 7.10. The zero-order chi connectivity index (χ0) is 17.5. The van der Waals surface area contributed by atoms with Crippen LogP contribution in [0.15, 0.2) is 17.1 Å². The number of unbranched alkanes of at least 4 members (excludes halogenated alkanes) is 10. The molecule has 3 nitrogen and oxygen atoms in total. The van der Waals surface area contributed by atoms with Crippen LogP contribution in [0.3, 0.4) is 0 Å². The lowest BCUT2D eigenvalue weighted by molar-refractivity contribution is 0.0766. The van der Waals surface area contributed by atoms with Gasteiger partial charge in [-0.2, -0.15) is 0 Å². The molecule has 3 heteroatoms. The molecule has 1 rings (SSSR count). The first-order valence-electron chi connectivity index (χ1n) is 10.4. The summed E-state index contributed by atoms with van der Waals surface area (Å²) in [6.07, 6.45) is 21.3. The van der Waals surface area contributed by atoms with Crippen molar-refractivity contribution >= 4 is 5.84 Å². The molecule has 0 amide bonds. The van der Waals surface area contributed by atoms with Crippen LogP contribution >= 0.6 is 0 Å². The second kappa shape index (κ2) is 14.5. The highest BCUT2D eigenvalue weighted by Gasteiger charge is 2.19. The van der Waals surface area contributed by atoms with E-state index in [1.807, 2.05) is 11.8 Å². The molecule has 140 valence electrons. The summed E-state index contributed by atoms with van der Waals surface area (Å²) in [5.74, 6) is 1.12. The van der Waals surface area contributed by atoms with Crippen molar-refractivity contribution < 1.29 is 5.11 Å². The summed E-state index contributed by atoms with van der Waals surface area (Å²) in [7, 11) is 0. The van der Waals surface area contributed by atoms with Gasteiger partial charge in [-0.3, -0.25) is 4.99 Å². The minimum absolute atomic E-state index is 0.383. The monoisotopic (exact) mass is 336 g/mol. The molecule has 1 aliphatic rings. The normalized spacial score (nSPS) is 16.1. The lowest BCUT2D eigenvalue weighted by atomic mass is 10.1. The number of rotatable bonds is 15. The first kappa shape index (κ1) is 21.2. The summed E-state index contributed by atoms with van der Waals surface area (Å²) in [5, 5.41) is 9.68. The molecule has 0 fully saturated rings. The number of aliphatic imine (C=N–C) groups is 1. The Bertz CT molecular complexity index is 350. The van der Waals surface area contributed by atoms with E-state index in [0.29, 0.717) is 0 Å². The zero-order valence-corrected chi connectivity index (χ0v) is 16.2. The van der Waals surface area contributed by atoms with Crippen molar-refractivity contribution in [1.82, 2.24) is 4.90 Å². The predicted octanol–water partition coefficient (Wildman–Crippen LogP) is 5.69. The molecule has 0 saturated carbocycles. The van der Waals surface area contributed by atoms with Crippen LogP contribution in [0.5, 0.6) is 0 Å². The largest absolute Gasteiger partial charge is 0.374 e. The van der Waals surface area contributed by atoms with Crippen molar-refractivity contribution in [3.8, 4) is 0 Å². The maximum absolute atomic E-state index is 9.68. The first-order valence-corrected chi connectivity index (χ1v) is 10.4. The van der Waals surface area contributed by atoms with Crippen LogP contribution in [-0.2, 0) is 0 Å². The van der Waals surface area contributed by atoms with Crippen LogP contribution in [0.2, 0.25) is 0 Å². The fourth-order valence-electron chi connectivity index (χ4n) is 3.31. The maximum Gasteiger partial charge on any atom is 0.125 e. The van der Waals surface area contributed by atoms with Crippen LogP contribution < -0.4 is 0 Å². The predicted molar refractivity (Wildman–Crippen MR) is 106 cm³/mol. The van der Waals surface area contributed by atoms with Crippen LogP contribution in [0.4, 0.5) is 0 Å². The number of nitrogens with zero attached hydrogens (tertiary/aromatic N) is 2. The van der Waals surface area contributed by atoms with Crippen molar-refractivity contribution in [1.29, 1.82) is 0 Å². The lowest BCUT2D eigenvalue weighted by Crippen LogP contribution is -2.35. The van der Waals surface area contributed by atoms with Crippen LogP contribution in [-0.4, -0.2) is 35.2 Å². The third-order valence-corrected chi connectivity index (χ3v) is 4.83. The smallest absolute Gasteiger partial charge is 0.125 e. The molecule has 1 aliphatic heterocycles. The summed E-state index contributed by atoms with van der Waals surface area (Å²) >= 11 is 0. The minimum atomic E-state index is -0.383. The number of allylic oxidation sites excluding steroid dienone is 2. The number of amidine groups is 1. The van der Waals surface area contributed by atoms with E-state index in [9.17, 15) is 5.11 Å². The Morgan fingerprint density at radius 3 is 2.17 bits per heavy atom. The molecule has 0 saturated heterocycles. The molecule has 24 heavy (non-hydrogen) atoms. The SMILES string of the molecule is CCCCCC/C=C/CCCCCCCCC1=NCCN1C(C)O. The van der Waals surface area contributed by atoms with Gasteiger partial charge in [-0.25, -0.2) is 0 Å². The summed E-state index contributed by atoms with van der Waals surface area (Å²) in [5.41, 5.74) is 0. The van der Waals surface area contributed by atoms with E-state index in [2.05, 4.69) is 24.1 Å². The standard InChI is InChI=1S/C21H40N2O/c1-3-4-5-6-7-8-9-10-11-12-13-14-15-16-17-21-22-18-19-23(21)20(2)24/h8-9,20,24H,3-7,10-19H2,1-2H3/b9-8+. The van der Waals surface area contributed by atoms with Crippen LogP contribution in [0, 0.1) is 0 Å². The van der Waals surface area contributed by atoms with Crippen molar-refractivity contribution in [3.05, 3.63) is 12.2 Å². The summed E-state index contributed by atoms with van der Waals surface area (Å²) in [6.45, 7) is 5.84. The molecule has 0 spiro atoms. The van der Waals surface area contributed by atoms with Crippen molar-refractivity contribution in [3.63, 3.8) is 0 Å². The molecule has 0 aliphatic carbocycles. The Kier molecular flexibility index (Phi) is 12.8. The van der Waals surface area contributed by atoms with Crippen molar-refractivity contribution in [2.24, 2.45) is 4.99 Å². The minimum Gasteiger partial charge on any atom is -0.374 e. The van der Waals surface area contributed by atoms with Crippen molar-refractivity contribution in [2.75, 3.05) is 13.1 Å². The van der Waals surface area contributed by atoms with Gasteiger partial charge in [-0.05, 0) is 39.0 Å². The molecular weight excluding hydrogens is 296 g/mol. The summed E-state index contributed by atoms with van der Waals surface area (Å²) < 4.78 is 0. The Balaban J connectivity index is 1.85. The van der Waals surface area contributed by atoms with Crippen molar-refractivity contribution in [2.45, 2.75) is 104 Å². The molecule has 0 aromatic carbocycles. The second-order valence-corrected chi connectivity index (χ2v) is 7.10. The number of aliphatic hydroxyl groups is 1. The Hall–Kier alpha value is -0.830. The molecule has 0 radical (unpaired) electrons. The molecular formula is C21H40N2O. The van der Waals surface area contributed by atoms with Gasteiger partial charge in [0.2, 0.25) is 0 Å². The third-order valence-electron chi connectivity index (χ3n) is 4.83. The van der Waals surface area contributed by atoms with E-state index in [1.165, 1.54) is 77.0 Å². The third kappa shape index (κ3) is 10.1. The molecule has 0 bridgehead atoms. The van der Waals surface area contributed by atoms with Gasteiger partial charge in [0.25, 0.3) is 0 Å². The van der Waals surface area contributed by atoms with Gasteiger partial charge in [-0.15, -0.1) is 0 Å². The first-order chi connectivity index (χ1) is 11.8. The van der Waals surface area contributed by atoms with Gasteiger partial charge in [0, 0.05) is 13.0 Å². The average Bonchev–Trinajstić information content (AvgIpc) is 3.04. The molecule has 1 N–H and O–H groups in total. The van der Waals surface area contributed by atoms with E-state index in [0.717, 1.165) is 25.3 Å². The molecule has 1 unspecified atom stereocenters. The average molecular weight is 337 g/mol.